The summed E-state index contributed by atoms with van der Waals surface area (Å²) in [5.74, 6) is 0.862. The number of unbranched alkanes of at least 4 members (excludes halogenated alkanes) is 2. The van der Waals surface area contributed by atoms with Crippen LogP contribution in [0.2, 0.25) is 0 Å². The molecule has 0 rings (SSSR count). The van der Waals surface area contributed by atoms with E-state index in [2.05, 4.69) is 41.7 Å². The lowest BCUT2D eigenvalue weighted by atomic mass is 10.1. The Labute approximate surface area is 98.4 Å². The first-order chi connectivity index (χ1) is 6.70. The Bertz CT molecular complexity index is 117. The number of halogens is 1. The molecule has 1 atom stereocenters. The van der Waals surface area contributed by atoms with E-state index in [1.54, 1.807) is 0 Å². The van der Waals surface area contributed by atoms with Gasteiger partial charge in [-0.05, 0) is 38.8 Å². The summed E-state index contributed by atoms with van der Waals surface area (Å²) in [6.45, 7) is 7.16. The summed E-state index contributed by atoms with van der Waals surface area (Å²) in [4.78, 5) is 2.48. The Morgan fingerprint density at radius 2 is 1.93 bits per heavy atom. The van der Waals surface area contributed by atoms with Crippen molar-refractivity contribution >= 4 is 15.9 Å². The van der Waals surface area contributed by atoms with Crippen molar-refractivity contribution in [2.45, 2.75) is 46.0 Å². The van der Waals surface area contributed by atoms with Crippen molar-refractivity contribution in [1.29, 1.82) is 0 Å². The molecule has 0 bridgehead atoms. The monoisotopic (exact) mass is 263 g/mol. The highest BCUT2D eigenvalue weighted by atomic mass is 79.9. The summed E-state index contributed by atoms with van der Waals surface area (Å²) in [7, 11) is 2.25. The Hall–Kier alpha value is 0.440. The summed E-state index contributed by atoms with van der Waals surface area (Å²) >= 11 is 3.46. The third-order valence-corrected chi connectivity index (χ3v) is 3.14. The summed E-state index contributed by atoms with van der Waals surface area (Å²) in [6.07, 6.45) is 6.71. The number of hydrogen-bond acceptors (Lipinski definition) is 1. The van der Waals surface area contributed by atoms with Crippen LogP contribution in [0.1, 0.15) is 46.0 Å². The molecule has 0 amide bonds. The van der Waals surface area contributed by atoms with Crippen molar-refractivity contribution in [3.63, 3.8) is 0 Å². The molecule has 0 saturated carbocycles. The molecule has 0 saturated heterocycles. The van der Waals surface area contributed by atoms with Gasteiger partial charge in [-0.1, -0.05) is 42.6 Å². The van der Waals surface area contributed by atoms with Crippen molar-refractivity contribution in [3.8, 4) is 0 Å². The van der Waals surface area contributed by atoms with Crippen molar-refractivity contribution in [2.75, 3.05) is 25.5 Å². The molecule has 0 fully saturated rings. The minimum atomic E-state index is 0.862. The van der Waals surface area contributed by atoms with Crippen molar-refractivity contribution < 1.29 is 0 Å². The molecule has 0 aliphatic heterocycles. The molecule has 0 spiro atoms. The molecule has 1 unspecified atom stereocenters. The Kier molecular flexibility index (Phi) is 10.3. The standard InChI is InChI=1S/C12H26BrN/c1-4-8-12(2)11-14(3)10-7-5-6-9-13/h12H,4-11H2,1-3H3. The van der Waals surface area contributed by atoms with E-state index < -0.39 is 0 Å². The molecule has 2 heteroatoms. The molecule has 0 N–H and O–H groups in total. The highest BCUT2D eigenvalue weighted by Gasteiger charge is 2.04. The molecule has 0 heterocycles. The second-order valence-corrected chi connectivity index (χ2v) is 5.20. The topological polar surface area (TPSA) is 3.24 Å². The lowest BCUT2D eigenvalue weighted by Crippen LogP contribution is -2.25. The van der Waals surface area contributed by atoms with Crippen molar-refractivity contribution in [2.24, 2.45) is 5.92 Å². The van der Waals surface area contributed by atoms with Crippen LogP contribution in [0.5, 0.6) is 0 Å². The molecule has 0 radical (unpaired) electrons. The second kappa shape index (κ2) is 9.97. The molecular weight excluding hydrogens is 238 g/mol. The van der Waals surface area contributed by atoms with Gasteiger partial charge in [-0.3, -0.25) is 0 Å². The fraction of sp³-hybridized carbons (Fsp3) is 1.00. The van der Waals surface area contributed by atoms with Gasteiger partial charge >= 0.3 is 0 Å². The minimum Gasteiger partial charge on any atom is -0.306 e. The zero-order chi connectivity index (χ0) is 10.8. The van der Waals surface area contributed by atoms with Gasteiger partial charge in [-0.15, -0.1) is 0 Å². The summed E-state index contributed by atoms with van der Waals surface area (Å²) in [5, 5.41) is 1.16. The van der Waals surface area contributed by atoms with E-state index in [1.165, 1.54) is 45.2 Å². The number of nitrogens with zero attached hydrogens (tertiary/aromatic N) is 1. The van der Waals surface area contributed by atoms with Crippen LogP contribution in [-0.2, 0) is 0 Å². The van der Waals surface area contributed by atoms with Crippen LogP contribution in [0.4, 0.5) is 0 Å². The number of hydrogen-bond donors (Lipinski definition) is 0. The first kappa shape index (κ1) is 14.4. The Morgan fingerprint density at radius 3 is 2.50 bits per heavy atom. The van der Waals surface area contributed by atoms with Crippen LogP contribution < -0.4 is 0 Å². The first-order valence-electron chi connectivity index (χ1n) is 5.95. The van der Waals surface area contributed by atoms with E-state index in [4.69, 9.17) is 0 Å². The van der Waals surface area contributed by atoms with E-state index in [-0.39, 0.29) is 0 Å². The number of alkyl halides is 1. The third-order valence-electron chi connectivity index (χ3n) is 2.58. The van der Waals surface area contributed by atoms with Gasteiger partial charge in [0.2, 0.25) is 0 Å². The Balaban J connectivity index is 3.30. The zero-order valence-electron chi connectivity index (χ0n) is 10.1. The maximum atomic E-state index is 3.46. The molecule has 0 aliphatic rings. The molecule has 0 aliphatic carbocycles. The first-order valence-corrected chi connectivity index (χ1v) is 7.07. The molecule has 0 aromatic heterocycles. The smallest absolute Gasteiger partial charge is 0.00313 e. The Morgan fingerprint density at radius 1 is 1.21 bits per heavy atom. The van der Waals surface area contributed by atoms with Crippen LogP contribution in [0, 0.1) is 5.92 Å². The van der Waals surface area contributed by atoms with Gasteiger partial charge in [0, 0.05) is 11.9 Å². The van der Waals surface area contributed by atoms with E-state index >= 15 is 0 Å². The van der Waals surface area contributed by atoms with Gasteiger partial charge in [0.1, 0.15) is 0 Å². The van der Waals surface area contributed by atoms with Gasteiger partial charge in [-0.2, -0.15) is 0 Å². The third kappa shape index (κ3) is 9.01. The van der Waals surface area contributed by atoms with Crippen molar-refractivity contribution in [3.05, 3.63) is 0 Å². The van der Waals surface area contributed by atoms with E-state index in [0.717, 1.165) is 11.2 Å². The number of rotatable bonds is 9. The lowest BCUT2D eigenvalue weighted by Gasteiger charge is -2.20. The lowest BCUT2D eigenvalue weighted by molar-refractivity contribution is 0.272. The van der Waals surface area contributed by atoms with E-state index in [1.807, 2.05) is 0 Å². The van der Waals surface area contributed by atoms with Gasteiger partial charge in [0.15, 0.2) is 0 Å². The normalized spacial score (nSPS) is 13.5. The predicted octanol–water partition coefficient (Wildman–Crippen LogP) is 3.92. The summed E-state index contributed by atoms with van der Waals surface area (Å²) < 4.78 is 0. The quantitative estimate of drug-likeness (QED) is 0.450. The SMILES string of the molecule is CCCC(C)CN(C)CCCCCBr. The summed E-state index contributed by atoms with van der Waals surface area (Å²) in [6, 6.07) is 0. The molecule has 86 valence electrons. The maximum absolute atomic E-state index is 3.46. The maximum Gasteiger partial charge on any atom is 0.00313 e. The second-order valence-electron chi connectivity index (χ2n) is 4.41. The summed E-state index contributed by atoms with van der Waals surface area (Å²) in [5.41, 5.74) is 0. The fourth-order valence-corrected chi connectivity index (χ4v) is 2.26. The minimum absolute atomic E-state index is 0.862. The average molecular weight is 264 g/mol. The van der Waals surface area contributed by atoms with Crippen LogP contribution in [0.3, 0.4) is 0 Å². The van der Waals surface area contributed by atoms with Gasteiger partial charge < -0.3 is 4.90 Å². The zero-order valence-corrected chi connectivity index (χ0v) is 11.6. The van der Waals surface area contributed by atoms with Crippen LogP contribution in [0.25, 0.3) is 0 Å². The molecular formula is C12H26BrN. The van der Waals surface area contributed by atoms with Gasteiger partial charge in [0.05, 0.1) is 0 Å². The van der Waals surface area contributed by atoms with Crippen LogP contribution in [0.15, 0.2) is 0 Å². The molecule has 1 nitrogen and oxygen atoms in total. The fourth-order valence-electron chi connectivity index (χ4n) is 1.86. The molecule has 0 aromatic rings. The molecule has 14 heavy (non-hydrogen) atoms. The van der Waals surface area contributed by atoms with Gasteiger partial charge in [-0.25, -0.2) is 0 Å². The van der Waals surface area contributed by atoms with E-state index in [0.29, 0.717) is 0 Å². The molecule has 0 aromatic carbocycles. The van der Waals surface area contributed by atoms with Gasteiger partial charge in [0.25, 0.3) is 0 Å². The predicted molar refractivity (Wildman–Crippen MR) is 69.2 cm³/mol. The van der Waals surface area contributed by atoms with Crippen molar-refractivity contribution in [1.82, 2.24) is 4.90 Å². The van der Waals surface area contributed by atoms with E-state index in [9.17, 15) is 0 Å². The largest absolute Gasteiger partial charge is 0.306 e. The average Bonchev–Trinajstić information content (AvgIpc) is 2.13. The highest BCUT2D eigenvalue weighted by molar-refractivity contribution is 9.09. The van der Waals surface area contributed by atoms with Crippen LogP contribution in [-0.4, -0.2) is 30.4 Å². The van der Waals surface area contributed by atoms with Crippen LogP contribution >= 0.6 is 15.9 Å². The highest BCUT2D eigenvalue weighted by Crippen LogP contribution is 2.07.